The maximum Gasteiger partial charge on any atom is 0.262 e. The summed E-state index contributed by atoms with van der Waals surface area (Å²) in [5.41, 5.74) is 1.88. The monoisotopic (exact) mass is 345 g/mol. The number of hydrogen-bond donors (Lipinski definition) is 2. The third-order valence-electron chi connectivity index (χ3n) is 3.43. The van der Waals surface area contributed by atoms with E-state index in [0.29, 0.717) is 10.6 Å². The summed E-state index contributed by atoms with van der Waals surface area (Å²) >= 11 is 11.1. The van der Waals surface area contributed by atoms with E-state index in [0.717, 1.165) is 11.3 Å². The van der Waals surface area contributed by atoms with E-state index in [1.807, 2.05) is 0 Å². The number of nitrogens with zero attached hydrogens (tertiary/aromatic N) is 2. The first kappa shape index (κ1) is 15.5. The Morgan fingerprint density at radius 2 is 2.26 bits per heavy atom. The van der Waals surface area contributed by atoms with Crippen LogP contribution in [0.25, 0.3) is 11.6 Å². The van der Waals surface area contributed by atoms with Gasteiger partial charge in [0.1, 0.15) is 5.56 Å². The molecule has 1 aliphatic heterocycles. The number of aromatic hydroxyl groups is 1. The Bertz CT molecular complexity index is 986. The topological polar surface area (TPSA) is 70.4 Å². The van der Waals surface area contributed by atoms with Gasteiger partial charge in [-0.05, 0) is 36.5 Å². The normalized spacial score (nSPS) is 14.2. The van der Waals surface area contributed by atoms with Crippen molar-refractivity contribution in [2.75, 3.05) is 0 Å². The van der Waals surface area contributed by atoms with Crippen LogP contribution in [0.4, 0.5) is 5.69 Å². The lowest BCUT2D eigenvalue weighted by Gasteiger charge is -2.09. The summed E-state index contributed by atoms with van der Waals surface area (Å²) in [6.45, 7) is 3.90. The zero-order valence-electron chi connectivity index (χ0n) is 11.9. The molecule has 1 aliphatic rings. The molecule has 0 aliphatic carbocycles. The third kappa shape index (κ3) is 2.78. The van der Waals surface area contributed by atoms with Gasteiger partial charge in [0.2, 0.25) is 5.88 Å². The molecule has 2 N–H and O–H groups in total. The summed E-state index contributed by atoms with van der Waals surface area (Å²) in [6, 6.07) is 5.30. The van der Waals surface area contributed by atoms with E-state index in [2.05, 4.69) is 16.6 Å². The van der Waals surface area contributed by atoms with Crippen LogP contribution in [0.15, 0.2) is 40.6 Å². The maximum absolute atomic E-state index is 12.1. The maximum atomic E-state index is 12.1. The number of nitrogens with one attached hydrogen (secondary N) is 1. The lowest BCUT2D eigenvalue weighted by Crippen LogP contribution is -2.16. The summed E-state index contributed by atoms with van der Waals surface area (Å²) in [4.78, 5) is 19.0. The molecule has 116 valence electrons. The van der Waals surface area contributed by atoms with Crippen molar-refractivity contribution in [1.29, 1.82) is 0 Å². The van der Waals surface area contributed by atoms with E-state index in [1.54, 1.807) is 36.6 Å². The quantitative estimate of drug-likeness (QED) is 0.658. The average Bonchev–Trinajstić information content (AvgIpc) is 2.90. The van der Waals surface area contributed by atoms with Gasteiger partial charge in [-0.25, -0.2) is 0 Å². The molecule has 1 aromatic heterocycles. The van der Waals surface area contributed by atoms with Gasteiger partial charge in [-0.15, -0.1) is 6.58 Å². The minimum Gasteiger partial charge on any atom is -0.494 e. The zero-order chi connectivity index (χ0) is 16.6. The van der Waals surface area contributed by atoms with Crippen LogP contribution >= 0.6 is 23.8 Å². The van der Waals surface area contributed by atoms with Gasteiger partial charge >= 0.3 is 0 Å². The number of aliphatic imine (C=N–C) groups is 1. The number of benzene rings is 1. The molecule has 0 radical (unpaired) electrons. The van der Waals surface area contributed by atoms with Gasteiger partial charge in [0.15, 0.2) is 4.77 Å². The van der Waals surface area contributed by atoms with Gasteiger partial charge in [0.05, 0.1) is 5.69 Å². The van der Waals surface area contributed by atoms with Crippen LogP contribution in [0.2, 0.25) is 5.02 Å². The van der Waals surface area contributed by atoms with Crippen molar-refractivity contribution in [2.45, 2.75) is 6.54 Å². The number of hydrogen-bond acceptors (Lipinski definition) is 4. The molecule has 0 atom stereocenters. The molecule has 0 spiro atoms. The van der Waals surface area contributed by atoms with Crippen molar-refractivity contribution in [3.8, 4) is 5.88 Å². The first-order valence-electron chi connectivity index (χ1n) is 6.74. The Kier molecular flexibility index (Phi) is 4.02. The number of aromatic amines is 1. The lowest BCUT2D eigenvalue weighted by molar-refractivity contribution is 0.413. The molecule has 5 nitrogen and oxygen atoms in total. The van der Waals surface area contributed by atoms with Crippen LogP contribution in [-0.2, 0) is 6.54 Å². The highest BCUT2D eigenvalue weighted by atomic mass is 35.5. The second-order valence-electron chi connectivity index (χ2n) is 4.92. The van der Waals surface area contributed by atoms with Crippen LogP contribution in [0.3, 0.4) is 0 Å². The van der Waals surface area contributed by atoms with Gasteiger partial charge in [-0.1, -0.05) is 17.7 Å². The second kappa shape index (κ2) is 5.98. The van der Waals surface area contributed by atoms with Crippen LogP contribution in [0, 0.1) is 4.77 Å². The first-order valence-corrected chi connectivity index (χ1v) is 7.52. The molecular weight excluding hydrogens is 334 g/mol. The van der Waals surface area contributed by atoms with Crippen molar-refractivity contribution in [3.63, 3.8) is 0 Å². The minimum atomic E-state index is -0.468. The molecule has 0 amide bonds. The number of aromatic nitrogens is 2. The number of H-pyrrole nitrogens is 1. The van der Waals surface area contributed by atoms with Crippen LogP contribution in [0.5, 0.6) is 5.88 Å². The van der Waals surface area contributed by atoms with E-state index in [4.69, 9.17) is 23.8 Å². The Labute approximate surface area is 141 Å². The molecule has 2 aromatic rings. The van der Waals surface area contributed by atoms with Crippen LogP contribution in [0.1, 0.15) is 11.1 Å². The van der Waals surface area contributed by atoms with Crippen LogP contribution in [-0.4, -0.2) is 20.9 Å². The predicted molar refractivity (Wildman–Crippen MR) is 95.2 cm³/mol. The molecule has 23 heavy (non-hydrogen) atoms. The van der Waals surface area contributed by atoms with Gasteiger partial charge in [0, 0.05) is 28.9 Å². The van der Waals surface area contributed by atoms with Gasteiger partial charge in [0.25, 0.3) is 5.56 Å². The van der Waals surface area contributed by atoms with Crippen LogP contribution < -0.4 is 5.56 Å². The summed E-state index contributed by atoms with van der Waals surface area (Å²) < 4.78 is 1.53. The smallest absolute Gasteiger partial charge is 0.262 e. The molecule has 1 aromatic carbocycles. The molecule has 0 unspecified atom stereocenters. The molecular formula is C16H12ClN3O2S. The lowest BCUT2D eigenvalue weighted by atomic mass is 10.1. The van der Waals surface area contributed by atoms with Crippen molar-refractivity contribution in [1.82, 2.24) is 9.55 Å². The molecule has 3 rings (SSSR count). The molecule has 0 bridgehead atoms. The van der Waals surface area contributed by atoms with E-state index in [-0.39, 0.29) is 22.8 Å². The van der Waals surface area contributed by atoms with E-state index in [9.17, 15) is 9.90 Å². The standard InChI is InChI=1S/C16H12ClN3O2S/c1-2-5-20-15(22)12(14(21)19-16(20)23)6-9-8-18-13-4-3-10(17)7-11(9)13/h2-4,6-8,22H,1,5H2,(H,19,21,23). The molecule has 0 saturated heterocycles. The Morgan fingerprint density at radius 3 is 3.00 bits per heavy atom. The highest BCUT2D eigenvalue weighted by Gasteiger charge is 2.16. The van der Waals surface area contributed by atoms with Gasteiger partial charge < -0.3 is 5.11 Å². The van der Waals surface area contributed by atoms with E-state index < -0.39 is 5.56 Å². The summed E-state index contributed by atoms with van der Waals surface area (Å²) in [7, 11) is 0. The highest BCUT2D eigenvalue weighted by Crippen LogP contribution is 2.34. The fourth-order valence-electron chi connectivity index (χ4n) is 2.33. The van der Waals surface area contributed by atoms with Crippen molar-refractivity contribution < 1.29 is 5.11 Å². The largest absolute Gasteiger partial charge is 0.494 e. The zero-order valence-corrected chi connectivity index (χ0v) is 13.5. The molecule has 0 fully saturated rings. The minimum absolute atomic E-state index is 0.106. The van der Waals surface area contributed by atoms with Gasteiger partial charge in [-0.2, -0.15) is 0 Å². The summed E-state index contributed by atoms with van der Waals surface area (Å²) in [5.74, 6) is -0.213. The van der Waals surface area contributed by atoms with E-state index >= 15 is 0 Å². The number of halogens is 1. The number of fused-ring (bicyclic) bond motifs is 1. The fraction of sp³-hybridized carbons (Fsp3) is 0.0625. The van der Waals surface area contributed by atoms with Crippen molar-refractivity contribution in [2.24, 2.45) is 4.99 Å². The Morgan fingerprint density at radius 1 is 1.48 bits per heavy atom. The molecule has 2 heterocycles. The van der Waals surface area contributed by atoms with Crippen molar-refractivity contribution >= 4 is 47.4 Å². The first-order chi connectivity index (χ1) is 11.0. The Hall–Kier alpha value is -2.44. The third-order valence-corrected chi connectivity index (χ3v) is 3.99. The number of rotatable bonds is 3. The summed E-state index contributed by atoms with van der Waals surface area (Å²) in [6.07, 6.45) is 4.77. The predicted octanol–water partition coefficient (Wildman–Crippen LogP) is 3.71. The molecule has 0 saturated carbocycles. The van der Waals surface area contributed by atoms with E-state index in [1.165, 1.54) is 4.57 Å². The molecule has 7 heteroatoms. The summed E-state index contributed by atoms with van der Waals surface area (Å²) in [5, 5.41) is 10.9. The fourth-order valence-corrected chi connectivity index (χ4v) is 2.76. The average molecular weight is 346 g/mol. The highest BCUT2D eigenvalue weighted by molar-refractivity contribution is 7.71. The second-order valence-corrected chi connectivity index (χ2v) is 5.74. The number of allylic oxidation sites excluding steroid dienone is 2. The Balaban J connectivity index is 2.19. The van der Waals surface area contributed by atoms with Crippen molar-refractivity contribution in [3.05, 3.63) is 62.1 Å². The van der Waals surface area contributed by atoms with Gasteiger partial charge in [-0.3, -0.25) is 19.3 Å². The SMILES string of the molecule is C=CCn1c(O)c(C=C2C=Nc3ccc(Cl)cc32)c(=O)[nH]c1=S.